The molecule has 1 aliphatic carbocycles. The zero-order valence-corrected chi connectivity index (χ0v) is 6.54. The molecule has 1 rings (SSSR count). The van der Waals surface area contributed by atoms with Crippen molar-refractivity contribution in [1.29, 1.82) is 0 Å². The summed E-state index contributed by atoms with van der Waals surface area (Å²) < 4.78 is 20.3. The molecule has 66 valence electrons. The molecule has 6 nitrogen and oxygen atoms in total. The zero-order valence-electron chi connectivity index (χ0n) is 5.73. The largest absolute Gasteiger partial charge is 0.465 e. The third-order valence-electron chi connectivity index (χ3n) is 0.989. The Bertz CT molecular complexity index is 226. The number of hydrogen-bond acceptors (Lipinski definition) is 3. The Hall–Kier alpha value is -0.820. The normalized spacial score (nSPS) is 16.5. The van der Waals surface area contributed by atoms with Crippen molar-refractivity contribution in [2.24, 2.45) is 10.9 Å². The molecule has 7 heteroatoms. The average molecular weight is 182 g/mol. The van der Waals surface area contributed by atoms with E-state index in [2.05, 4.69) is 5.73 Å². The number of sulfonamides is 1. The molecule has 0 aromatic rings. The molecule has 0 aliphatic heterocycles. The summed E-state index contributed by atoms with van der Waals surface area (Å²) in [6.45, 7) is 0. The molecule has 0 aromatic carbocycles. The molecule has 0 unspecified atom stereocenters. The van der Waals surface area contributed by atoms with Gasteiger partial charge in [0.2, 0.25) is 10.0 Å². The van der Waals surface area contributed by atoms with Crippen LogP contribution in [0.1, 0.15) is 12.8 Å². The smallest absolute Gasteiger partial charge is 0.402 e. The van der Waals surface area contributed by atoms with Crippen LogP contribution >= 0.6 is 0 Å². The topological polar surface area (TPSA) is 123 Å². The summed E-state index contributed by atoms with van der Waals surface area (Å²) in [6.07, 6.45) is 0.192. The van der Waals surface area contributed by atoms with Crippen LogP contribution in [-0.4, -0.2) is 24.9 Å². The number of carbonyl (C=O) groups is 1. The fraction of sp³-hybridized carbons (Fsp3) is 0.750. The van der Waals surface area contributed by atoms with Gasteiger partial charge in [0.25, 0.3) is 0 Å². The van der Waals surface area contributed by atoms with E-state index in [-0.39, 0.29) is 5.25 Å². The van der Waals surface area contributed by atoms with Gasteiger partial charge in [0.1, 0.15) is 0 Å². The second-order valence-corrected chi connectivity index (χ2v) is 3.97. The SMILES string of the molecule is NC(=O)O.NS(=O)(=O)C1CC1. The number of carboxylic acid groups (broad SMARTS) is 1. The number of hydrogen-bond donors (Lipinski definition) is 3. The third kappa shape index (κ3) is 7.07. The number of rotatable bonds is 1. The summed E-state index contributed by atoms with van der Waals surface area (Å²) in [4.78, 5) is 8.78. The molecule has 0 saturated heterocycles. The van der Waals surface area contributed by atoms with Crippen molar-refractivity contribution in [2.75, 3.05) is 0 Å². The fourth-order valence-corrected chi connectivity index (χ4v) is 1.19. The maximum Gasteiger partial charge on any atom is 0.402 e. The first-order chi connectivity index (χ1) is 4.84. The van der Waals surface area contributed by atoms with Gasteiger partial charge in [-0.05, 0) is 12.8 Å². The minimum Gasteiger partial charge on any atom is -0.465 e. The van der Waals surface area contributed by atoms with Crippen molar-refractivity contribution in [3.05, 3.63) is 0 Å². The molecule has 0 spiro atoms. The Labute approximate surface area is 64.2 Å². The van der Waals surface area contributed by atoms with Gasteiger partial charge in [-0.1, -0.05) is 0 Å². The standard InChI is InChI=1S/C3H7NO2S.CH3NO2/c4-7(5,6)3-1-2-3;2-1(3)4/h3H,1-2H2,(H2,4,5,6);2H2,(H,3,4). The van der Waals surface area contributed by atoms with Crippen LogP contribution in [-0.2, 0) is 10.0 Å². The van der Waals surface area contributed by atoms with Gasteiger partial charge in [-0.3, -0.25) is 0 Å². The lowest BCUT2D eigenvalue weighted by atomic mass is 11.0. The average Bonchev–Trinajstić information content (AvgIpc) is 2.33. The maximum atomic E-state index is 10.2. The van der Waals surface area contributed by atoms with Crippen LogP contribution in [0.15, 0.2) is 0 Å². The van der Waals surface area contributed by atoms with Crippen LogP contribution in [0.25, 0.3) is 0 Å². The number of nitrogens with two attached hydrogens (primary N) is 2. The van der Waals surface area contributed by atoms with E-state index in [1.165, 1.54) is 0 Å². The zero-order chi connectivity index (χ0) is 9.07. The first-order valence-electron chi connectivity index (χ1n) is 2.84. The van der Waals surface area contributed by atoms with Crippen LogP contribution in [0.5, 0.6) is 0 Å². The molecule has 11 heavy (non-hydrogen) atoms. The van der Waals surface area contributed by atoms with Gasteiger partial charge < -0.3 is 10.8 Å². The Balaban J connectivity index is 0.000000218. The molecular formula is C4H10N2O4S. The van der Waals surface area contributed by atoms with Crippen molar-refractivity contribution in [1.82, 2.24) is 0 Å². The molecule has 1 saturated carbocycles. The van der Waals surface area contributed by atoms with Gasteiger partial charge >= 0.3 is 6.09 Å². The van der Waals surface area contributed by atoms with Crippen LogP contribution in [0.3, 0.4) is 0 Å². The molecule has 0 heterocycles. The Morgan fingerprint density at radius 1 is 1.45 bits per heavy atom. The van der Waals surface area contributed by atoms with Crippen molar-refractivity contribution >= 4 is 16.1 Å². The highest BCUT2D eigenvalue weighted by molar-refractivity contribution is 7.90. The van der Waals surface area contributed by atoms with E-state index in [1.54, 1.807) is 0 Å². The van der Waals surface area contributed by atoms with Gasteiger partial charge in [-0.2, -0.15) is 0 Å². The number of primary sulfonamides is 1. The quantitative estimate of drug-likeness (QED) is 0.484. The van der Waals surface area contributed by atoms with Gasteiger partial charge in [0.15, 0.2) is 0 Å². The molecule has 0 bridgehead atoms. The summed E-state index contributed by atoms with van der Waals surface area (Å²) in [5.74, 6) is 0. The lowest BCUT2D eigenvalue weighted by molar-refractivity contribution is 0.205. The van der Waals surface area contributed by atoms with Gasteiger partial charge in [0.05, 0.1) is 5.25 Å². The van der Waals surface area contributed by atoms with Crippen molar-refractivity contribution in [2.45, 2.75) is 18.1 Å². The van der Waals surface area contributed by atoms with Crippen LogP contribution in [0.4, 0.5) is 4.79 Å². The number of amides is 1. The Morgan fingerprint density at radius 2 is 1.73 bits per heavy atom. The minimum absolute atomic E-state index is 0.201. The fourth-order valence-electron chi connectivity index (χ4n) is 0.397. The highest BCUT2D eigenvalue weighted by Gasteiger charge is 2.32. The van der Waals surface area contributed by atoms with Crippen molar-refractivity contribution in [3.63, 3.8) is 0 Å². The summed E-state index contributed by atoms with van der Waals surface area (Å²) in [7, 11) is -3.13. The molecule has 1 amide bonds. The molecule has 0 aromatic heterocycles. The molecule has 0 atom stereocenters. The summed E-state index contributed by atoms with van der Waals surface area (Å²) in [5, 5.41) is 11.7. The van der Waals surface area contributed by atoms with Crippen LogP contribution < -0.4 is 10.9 Å². The molecule has 5 N–H and O–H groups in total. The van der Waals surface area contributed by atoms with E-state index in [0.717, 1.165) is 12.8 Å². The van der Waals surface area contributed by atoms with E-state index in [4.69, 9.17) is 15.0 Å². The predicted molar refractivity (Wildman–Crippen MR) is 38.3 cm³/mol. The minimum atomic E-state index is -3.13. The highest BCUT2D eigenvalue weighted by Crippen LogP contribution is 2.25. The second kappa shape index (κ2) is 3.54. The first kappa shape index (κ1) is 10.2. The number of primary amides is 1. The van der Waals surface area contributed by atoms with Gasteiger partial charge in [0, 0.05) is 0 Å². The van der Waals surface area contributed by atoms with E-state index in [9.17, 15) is 8.42 Å². The summed E-state index contributed by atoms with van der Waals surface area (Å²) in [5.41, 5.74) is 4.03. The Kier molecular flexibility index (Phi) is 3.27. The lowest BCUT2D eigenvalue weighted by Gasteiger charge is -1.84. The first-order valence-corrected chi connectivity index (χ1v) is 4.45. The monoisotopic (exact) mass is 182 g/mol. The summed E-state index contributed by atoms with van der Waals surface area (Å²) >= 11 is 0. The maximum absolute atomic E-state index is 10.2. The Morgan fingerprint density at radius 3 is 1.73 bits per heavy atom. The van der Waals surface area contributed by atoms with E-state index in [0.29, 0.717) is 0 Å². The van der Waals surface area contributed by atoms with E-state index >= 15 is 0 Å². The highest BCUT2D eigenvalue weighted by atomic mass is 32.2. The third-order valence-corrected chi connectivity index (χ3v) is 2.39. The van der Waals surface area contributed by atoms with Crippen molar-refractivity contribution in [3.8, 4) is 0 Å². The lowest BCUT2D eigenvalue weighted by Crippen LogP contribution is -2.16. The molecule has 1 fully saturated rings. The van der Waals surface area contributed by atoms with Crippen LogP contribution in [0.2, 0.25) is 0 Å². The van der Waals surface area contributed by atoms with Crippen LogP contribution in [0, 0.1) is 0 Å². The van der Waals surface area contributed by atoms with Gasteiger partial charge in [-0.25, -0.2) is 18.4 Å². The van der Waals surface area contributed by atoms with E-state index in [1.807, 2.05) is 0 Å². The van der Waals surface area contributed by atoms with E-state index < -0.39 is 16.1 Å². The van der Waals surface area contributed by atoms with Gasteiger partial charge in [-0.15, -0.1) is 0 Å². The van der Waals surface area contributed by atoms with Crippen molar-refractivity contribution < 1.29 is 18.3 Å². The molecule has 0 radical (unpaired) electrons. The molecule has 1 aliphatic rings. The predicted octanol–water partition coefficient (Wildman–Crippen LogP) is -0.940. The summed E-state index contributed by atoms with van der Waals surface area (Å²) in [6, 6.07) is 0. The molecular weight excluding hydrogens is 172 g/mol. The second-order valence-electron chi connectivity index (χ2n) is 2.13.